The topological polar surface area (TPSA) is 55.6 Å². The second-order valence-electron chi connectivity index (χ2n) is 5.27. The van der Waals surface area contributed by atoms with Crippen LogP contribution in [0.4, 0.5) is 0 Å². The third kappa shape index (κ3) is 5.39. The van der Waals surface area contributed by atoms with Gasteiger partial charge in [0.25, 0.3) is 0 Å². The maximum absolute atomic E-state index is 12.0. The van der Waals surface area contributed by atoms with Gasteiger partial charge in [-0.3, -0.25) is 4.79 Å². The molecule has 20 heavy (non-hydrogen) atoms. The fourth-order valence-electron chi connectivity index (χ4n) is 1.86. The molecule has 1 unspecified atom stereocenters. The summed E-state index contributed by atoms with van der Waals surface area (Å²) in [6.45, 7) is 4.97. The van der Waals surface area contributed by atoms with Crippen LogP contribution in [0.25, 0.3) is 0 Å². The zero-order valence-electron chi connectivity index (χ0n) is 12.3. The molecular formula is C15H23ClN2O2. The zero-order chi connectivity index (χ0) is 15.1. The van der Waals surface area contributed by atoms with Crippen molar-refractivity contribution in [3.05, 3.63) is 29.3 Å². The van der Waals surface area contributed by atoms with Crippen molar-refractivity contribution in [3.63, 3.8) is 0 Å². The number of rotatable bonds is 7. The number of likely N-dealkylation sites (N-methyl/N-ethyl adjacent to an activating group) is 1. The minimum Gasteiger partial charge on any atom is -0.490 e. The summed E-state index contributed by atoms with van der Waals surface area (Å²) >= 11 is 5.98. The highest BCUT2D eigenvalue weighted by molar-refractivity contribution is 6.32. The minimum absolute atomic E-state index is 0.0542. The van der Waals surface area contributed by atoms with Crippen LogP contribution in [0.15, 0.2) is 24.3 Å². The summed E-state index contributed by atoms with van der Waals surface area (Å²) in [6.07, 6.45) is 0.689. The quantitative estimate of drug-likeness (QED) is 0.841. The number of carbonyl (C=O) groups excluding carboxylic acids is 1. The molecule has 5 heteroatoms. The van der Waals surface area contributed by atoms with Gasteiger partial charge in [0.15, 0.2) is 0 Å². The number of nitrogens with two attached hydrogens (primary N) is 1. The lowest BCUT2D eigenvalue weighted by Crippen LogP contribution is -2.43. The fraction of sp³-hybridized carbons (Fsp3) is 0.533. The maximum atomic E-state index is 12.0. The Morgan fingerprint density at radius 1 is 1.40 bits per heavy atom. The number of hydrogen-bond acceptors (Lipinski definition) is 3. The molecule has 1 atom stereocenters. The Hall–Kier alpha value is -1.26. The van der Waals surface area contributed by atoms with Crippen LogP contribution in [0.1, 0.15) is 20.3 Å². The Morgan fingerprint density at radius 3 is 2.65 bits per heavy atom. The third-order valence-corrected chi connectivity index (χ3v) is 3.25. The molecule has 0 spiro atoms. The molecule has 1 amide bonds. The van der Waals surface area contributed by atoms with Gasteiger partial charge in [-0.05, 0) is 24.5 Å². The average molecular weight is 299 g/mol. The predicted octanol–water partition coefficient (Wildman–Crippen LogP) is 2.55. The molecule has 112 valence electrons. The number of para-hydroxylation sites is 1. The third-order valence-electron chi connectivity index (χ3n) is 2.94. The molecule has 0 heterocycles. The van der Waals surface area contributed by atoms with Crippen molar-refractivity contribution in [2.24, 2.45) is 11.7 Å². The molecule has 1 aromatic rings. The first kappa shape index (κ1) is 16.8. The standard InChI is InChI=1S/C15H23ClN2O2/c1-11(2)10-13(17)15(19)18(3)8-9-20-14-7-5-4-6-12(14)16/h4-7,11,13H,8-10,17H2,1-3H3. The normalized spacial score (nSPS) is 12.3. The number of carbonyl (C=O) groups is 1. The molecule has 0 radical (unpaired) electrons. The van der Waals surface area contributed by atoms with Crippen molar-refractivity contribution in [3.8, 4) is 5.75 Å². The molecule has 0 fully saturated rings. The summed E-state index contributed by atoms with van der Waals surface area (Å²) in [6, 6.07) is 6.82. The highest BCUT2D eigenvalue weighted by Crippen LogP contribution is 2.22. The molecule has 2 N–H and O–H groups in total. The largest absolute Gasteiger partial charge is 0.490 e. The minimum atomic E-state index is -0.444. The molecule has 0 saturated carbocycles. The first-order chi connectivity index (χ1) is 9.41. The highest BCUT2D eigenvalue weighted by atomic mass is 35.5. The number of hydrogen-bond donors (Lipinski definition) is 1. The predicted molar refractivity (Wildman–Crippen MR) is 82.0 cm³/mol. The molecule has 0 aliphatic heterocycles. The Balaban J connectivity index is 2.38. The maximum Gasteiger partial charge on any atom is 0.239 e. The Morgan fingerprint density at radius 2 is 2.05 bits per heavy atom. The van der Waals surface area contributed by atoms with Crippen molar-refractivity contribution < 1.29 is 9.53 Å². The van der Waals surface area contributed by atoms with E-state index in [4.69, 9.17) is 22.1 Å². The SMILES string of the molecule is CC(C)CC(N)C(=O)N(C)CCOc1ccccc1Cl. The molecule has 0 bridgehead atoms. The number of amides is 1. The van der Waals surface area contributed by atoms with Crippen LogP contribution in [-0.2, 0) is 4.79 Å². The van der Waals surface area contributed by atoms with Gasteiger partial charge in [0.1, 0.15) is 12.4 Å². The lowest BCUT2D eigenvalue weighted by atomic mass is 10.0. The van der Waals surface area contributed by atoms with Gasteiger partial charge in [-0.15, -0.1) is 0 Å². The summed E-state index contributed by atoms with van der Waals surface area (Å²) in [5, 5.41) is 0.568. The molecule has 0 aliphatic carbocycles. The van der Waals surface area contributed by atoms with E-state index in [1.54, 1.807) is 24.1 Å². The first-order valence-corrected chi connectivity index (χ1v) is 7.17. The van der Waals surface area contributed by atoms with Crippen molar-refractivity contribution >= 4 is 17.5 Å². The molecule has 0 aliphatic rings. The van der Waals surface area contributed by atoms with Crippen LogP contribution in [-0.4, -0.2) is 37.0 Å². The Labute approximate surface area is 125 Å². The van der Waals surface area contributed by atoms with Gasteiger partial charge in [-0.25, -0.2) is 0 Å². The summed E-state index contributed by atoms with van der Waals surface area (Å²) < 4.78 is 5.55. The second kappa shape index (κ2) is 8.12. The summed E-state index contributed by atoms with van der Waals surface area (Å²) in [4.78, 5) is 13.6. The zero-order valence-corrected chi connectivity index (χ0v) is 13.1. The lowest BCUT2D eigenvalue weighted by Gasteiger charge is -2.22. The second-order valence-corrected chi connectivity index (χ2v) is 5.68. The van der Waals surface area contributed by atoms with Gasteiger partial charge in [-0.1, -0.05) is 37.6 Å². The molecular weight excluding hydrogens is 276 g/mol. The van der Waals surface area contributed by atoms with E-state index in [-0.39, 0.29) is 5.91 Å². The van der Waals surface area contributed by atoms with E-state index in [0.29, 0.717) is 36.3 Å². The number of benzene rings is 1. The fourth-order valence-corrected chi connectivity index (χ4v) is 2.05. The van der Waals surface area contributed by atoms with Gasteiger partial charge in [0.2, 0.25) is 5.91 Å². The van der Waals surface area contributed by atoms with Gasteiger partial charge in [-0.2, -0.15) is 0 Å². The van der Waals surface area contributed by atoms with Gasteiger partial charge in [0.05, 0.1) is 17.6 Å². The van der Waals surface area contributed by atoms with Crippen LogP contribution in [0.2, 0.25) is 5.02 Å². The molecule has 1 aromatic carbocycles. The number of ether oxygens (including phenoxy) is 1. The van der Waals surface area contributed by atoms with Gasteiger partial charge in [0, 0.05) is 7.05 Å². The van der Waals surface area contributed by atoms with Crippen LogP contribution in [0.5, 0.6) is 5.75 Å². The van der Waals surface area contributed by atoms with E-state index < -0.39 is 6.04 Å². The van der Waals surface area contributed by atoms with E-state index >= 15 is 0 Å². The van der Waals surface area contributed by atoms with E-state index in [1.807, 2.05) is 26.0 Å². The van der Waals surface area contributed by atoms with Gasteiger partial charge >= 0.3 is 0 Å². The van der Waals surface area contributed by atoms with E-state index in [1.165, 1.54) is 0 Å². The van der Waals surface area contributed by atoms with Gasteiger partial charge < -0.3 is 15.4 Å². The Kier molecular flexibility index (Phi) is 6.82. The Bertz CT molecular complexity index is 438. The molecule has 0 aromatic heterocycles. The van der Waals surface area contributed by atoms with Crippen molar-refractivity contribution in [2.45, 2.75) is 26.3 Å². The van der Waals surface area contributed by atoms with Crippen molar-refractivity contribution in [1.29, 1.82) is 0 Å². The number of nitrogens with zero attached hydrogens (tertiary/aromatic N) is 1. The molecule has 1 rings (SSSR count). The van der Waals surface area contributed by atoms with Crippen molar-refractivity contribution in [1.82, 2.24) is 4.90 Å². The van der Waals surface area contributed by atoms with Crippen LogP contribution < -0.4 is 10.5 Å². The summed E-state index contributed by atoms with van der Waals surface area (Å²) in [5.74, 6) is 0.977. The smallest absolute Gasteiger partial charge is 0.239 e. The average Bonchev–Trinajstić information content (AvgIpc) is 2.39. The lowest BCUT2D eigenvalue weighted by molar-refractivity contribution is -0.131. The van der Waals surface area contributed by atoms with Crippen LogP contribution in [0, 0.1) is 5.92 Å². The monoisotopic (exact) mass is 298 g/mol. The van der Waals surface area contributed by atoms with Crippen molar-refractivity contribution in [2.75, 3.05) is 20.2 Å². The summed E-state index contributed by atoms with van der Waals surface area (Å²) in [5.41, 5.74) is 5.87. The number of halogens is 1. The summed E-state index contributed by atoms with van der Waals surface area (Å²) in [7, 11) is 1.73. The molecule has 4 nitrogen and oxygen atoms in total. The highest BCUT2D eigenvalue weighted by Gasteiger charge is 2.18. The first-order valence-electron chi connectivity index (χ1n) is 6.79. The van der Waals surface area contributed by atoms with E-state index in [9.17, 15) is 4.79 Å². The van der Waals surface area contributed by atoms with E-state index in [2.05, 4.69) is 0 Å². The van der Waals surface area contributed by atoms with Crippen LogP contribution >= 0.6 is 11.6 Å². The molecule has 0 saturated heterocycles. The van der Waals surface area contributed by atoms with E-state index in [0.717, 1.165) is 0 Å². The van der Waals surface area contributed by atoms with Crippen LogP contribution in [0.3, 0.4) is 0 Å².